The Labute approximate surface area is 209 Å². The van der Waals surface area contributed by atoms with Crippen LogP contribution in [-0.4, -0.2) is 56.9 Å². The van der Waals surface area contributed by atoms with Crippen LogP contribution in [-0.2, 0) is 11.0 Å². The van der Waals surface area contributed by atoms with Crippen LogP contribution in [0.3, 0.4) is 0 Å². The lowest BCUT2D eigenvalue weighted by Crippen LogP contribution is -2.53. The van der Waals surface area contributed by atoms with Crippen molar-refractivity contribution < 1.29 is 27.5 Å². The van der Waals surface area contributed by atoms with Gasteiger partial charge in [0.05, 0.1) is 16.6 Å². The zero-order valence-corrected chi connectivity index (χ0v) is 19.6. The number of nitrogens with one attached hydrogen (secondary N) is 2. The lowest BCUT2D eigenvalue weighted by Gasteiger charge is -2.34. The van der Waals surface area contributed by atoms with Gasteiger partial charge in [0.15, 0.2) is 5.69 Å². The number of ether oxygens (including phenoxy) is 1. The molecule has 0 radical (unpaired) electrons. The SMILES string of the molecule is O=C(N[C@H](C(=O)N1CCC(Oc2ccc(C(F)(F)F)cn2)CC1)C1CC1)c1nc2ccccc2[nH]c1=O. The van der Waals surface area contributed by atoms with Crippen molar-refractivity contribution in [2.24, 2.45) is 5.92 Å². The molecule has 2 amide bonds. The summed E-state index contributed by atoms with van der Waals surface area (Å²) in [5, 5.41) is 2.72. The number of carbonyl (C=O) groups excluding carboxylic acids is 2. The van der Waals surface area contributed by atoms with Crippen LogP contribution < -0.4 is 15.6 Å². The predicted molar refractivity (Wildman–Crippen MR) is 126 cm³/mol. The van der Waals surface area contributed by atoms with Gasteiger partial charge in [-0.1, -0.05) is 12.1 Å². The van der Waals surface area contributed by atoms with E-state index in [1.807, 2.05) is 0 Å². The second-order valence-corrected chi connectivity index (χ2v) is 9.25. The van der Waals surface area contributed by atoms with Crippen molar-refractivity contribution >= 4 is 22.8 Å². The summed E-state index contributed by atoms with van der Waals surface area (Å²) in [5.41, 5.74) is -0.808. The van der Waals surface area contributed by atoms with Crippen LogP contribution in [0, 0.1) is 5.92 Å². The molecule has 37 heavy (non-hydrogen) atoms. The van der Waals surface area contributed by atoms with Crippen LogP contribution >= 0.6 is 0 Å². The smallest absolute Gasteiger partial charge is 0.417 e. The van der Waals surface area contributed by atoms with Gasteiger partial charge in [-0.2, -0.15) is 13.2 Å². The molecule has 2 fully saturated rings. The van der Waals surface area contributed by atoms with Crippen LogP contribution in [0.1, 0.15) is 41.7 Å². The minimum Gasteiger partial charge on any atom is -0.474 e. The zero-order valence-electron chi connectivity index (χ0n) is 19.6. The second-order valence-electron chi connectivity index (χ2n) is 9.25. The van der Waals surface area contributed by atoms with Crippen molar-refractivity contribution in [2.75, 3.05) is 13.1 Å². The quantitative estimate of drug-likeness (QED) is 0.522. The number of amides is 2. The van der Waals surface area contributed by atoms with E-state index in [0.717, 1.165) is 25.1 Å². The molecule has 194 valence electrons. The Hall–Kier alpha value is -3.96. The Morgan fingerprint density at radius 2 is 1.81 bits per heavy atom. The topological polar surface area (TPSA) is 117 Å². The van der Waals surface area contributed by atoms with E-state index in [2.05, 4.69) is 20.3 Å². The van der Waals surface area contributed by atoms with Gasteiger partial charge in [0.2, 0.25) is 11.8 Å². The fraction of sp³-hybridized carbons (Fsp3) is 0.400. The van der Waals surface area contributed by atoms with Crippen molar-refractivity contribution in [1.82, 2.24) is 25.2 Å². The first-order valence-electron chi connectivity index (χ1n) is 12.0. The largest absolute Gasteiger partial charge is 0.474 e. The fourth-order valence-corrected chi connectivity index (χ4v) is 4.38. The molecule has 12 heteroatoms. The van der Waals surface area contributed by atoms with Gasteiger partial charge in [-0.3, -0.25) is 14.4 Å². The van der Waals surface area contributed by atoms with E-state index < -0.39 is 29.2 Å². The highest BCUT2D eigenvalue weighted by Crippen LogP contribution is 2.34. The average Bonchev–Trinajstić information content (AvgIpc) is 3.72. The number of piperidine rings is 1. The lowest BCUT2D eigenvalue weighted by molar-refractivity contribution is -0.138. The van der Waals surface area contributed by atoms with Gasteiger partial charge in [0, 0.05) is 38.2 Å². The van der Waals surface area contributed by atoms with Crippen LogP contribution in [0.4, 0.5) is 13.2 Å². The van der Waals surface area contributed by atoms with Crippen LogP contribution in [0.5, 0.6) is 5.88 Å². The molecule has 9 nitrogen and oxygen atoms in total. The van der Waals surface area contributed by atoms with Crippen LogP contribution in [0.25, 0.3) is 11.0 Å². The Bertz CT molecular complexity index is 1360. The number of hydrogen-bond acceptors (Lipinski definition) is 6. The first kappa shape index (κ1) is 24.7. The highest BCUT2D eigenvalue weighted by molar-refractivity contribution is 5.97. The molecule has 1 saturated heterocycles. The molecule has 3 heterocycles. The van der Waals surface area contributed by atoms with Gasteiger partial charge in [-0.05, 0) is 37.0 Å². The third-order valence-electron chi connectivity index (χ3n) is 6.57. The number of para-hydroxylation sites is 2. The average molecular weight is 515 g/mol. The molecule has 0 spiro atoms. The number of H-pyrrole nitrogens is 1. The third kappa shape index (κ3) is 5.57. The van der Waals surface area contributed by atoms with Crippen molar-refractivity contribution in [3.8, 4) is 5.88 Å². The number of nitrogens with zero attached hydrogens (tertiary/aromatic N) is 3. The minimum absolute atomic E-state index is 0.0127. The molecule has 1 atom stereocenters. The molecule has 2 aromatic heterocycles. The van der Waals surface area contributed by atoms with Gasteiger partial charge in [-0.15, -0.1) is 0 Å². The summed E-state index contributed by atoms with van der Waals surface area (Å²) < 4.78 is 43.9. The van der Waals surface area contributed by atoms with Crippen LogP contribution in [0.2, 0.25) is 0 Å². The van der Waals surface area contributed by atoms with Crippen LogP contribution in [0.15, 0.2) is 47.4 Å². The van der Waals surface area contributed by atoms with E-state index in [-0.39, 0.29) is 29.5 Å². The number of aromatic nitrogens is 3. The molecule has 2 aliphatic rings. The molecule has 3 aromatic rings. The Balaban J connectivity index is 1.20. The third-order valence-corrected chi connectivity index (χ3v) is 6.57. The molecule has 2 N–H and O–H groups in total. The number of halogens is 3. The maximum atomic E-state index is 13.3. The molecule has 1 aromatic carbocycles. The minimum atomic E-state index is -4.47. The van der Waals surface area contributed by atoms with Gasteiger partial charge < -0.3 is 19.9 Å². The van der Waals surface area contributed by atoms with E-state index in [1.165, 1.54) is 6.07 Å². The Morgan fingerprint density at radius 1 is 1.08 bits per heavy atom. The van der Waals surface area contributed by atoms with Crippen molar-refractivity contribution in [3.05, 3.63) is 64.2 Å². The molecule has 1 aliphatic heterocycles. The number of carbonyl (C=O) groups is 2. The normalized spacial score (nSPS) is 17.4. The molecule has 1 saturated carbocycles. The van der Waals surface area contributed by atoms with Crippen molar-refractivity contribution in [1.29, 1.82) is 0 Å². The van der Waals surface area contributed by atoms with E-state index in [9.17, 15) is 27.6 Å². The van der Waals surface area contributed by atoms with Gasteiger partial charge >= 0.3 is 6.18 Å². The summed E-state index contributed by atoms with van der Waals surface area (Å²) in [6.07, 6.45) is -1.54. The first-order valence-corrected chi connectivity index (χ1v) is 12.0. The van der Waals surface area contributed by atoms with Gasteiger partial charge in [0.1, 0.15) is 12.1 Å². The number of alkyl halides is 3. The number of fused-ring (bicyclic) bond motifs is 1. The second kappa shape index (κ2) is 9.83. The molecular weight excluding hydrogens is 491 g/mol. The first-order chi connectivity index (χ1) is 17.7. The monoisotopic (exact) mass is 515 g/mol. The summed E-state index contributed by atoms with van der Waals surface area (Å²) >= 11 is 0. The summed E-state index contributed by atoms with van der Waals surface area (Å²) in [4.78, 5) is 50.8. The fourth-order valence-electron chi connectivity index (χ4n) is 4.38. The van der Waals surface area contributed by atoms with E-state index in [4.69, 9.17) is 4.74 Å². The number of aromatic amines is 1. The maximum Gasteiger partial charge on any atom is 0.417 e. The molecule has 0 unspecified atom stereocenters. The van der Waals surface area contributed by atoms with Gasteiger partial charge in [0.25, 0.3) is 11.5 Å². The lowest BCUT2D eigenvalue weighted by atomic mass is 10.0. The molecular formula is C25H24F3N5O4. The predicted octanol–water partition coefficient (Wildman–Crippen LogP) is 2.92. The summed E-state index contributed by atoms with van der Waals surface area (Å²) in [6.45, 7) is 0.718. The molecule has 1 aliphatic carbocycles. The number of pyridine rings is 1. The zero-order chi connectivity index (χ0) is 26.2. The highest BCUT2D eigenvalue weighted by atomic mass is 19.4. The summed E-state index contributed by atoms with van der Waals surface area (Å²) in [6, 6.07) is 8.18. The highest BCUT2D eigenvalue weighted by Gasteiger charge is 2.41. The van der Waals surface area contributed by atoms with Crippen molar-refractivity contribution in [3.63, 3.8) is 0 Å². The number of hydrogen-bond donors (Lipinski definition) is 2. The number of rotatable bonds is 6. The summed E-state index contributed by atoms with van der Waals surface area (Å²) in [7, 11) is 0. The van der Waals surface area contributed by atoms with E-state index in [1.54, 1.807) is 29.2 Å². The molecule has 5 rings (SSSR count). The summed E-state index contributed by atoms with van der Waals surface area (Å²) in [5.74, 6) is -0.863. The number of likely N-dealkylation sites (tertiary alicyclic amines) is 1. The van der Waals surface area contributed by atoms with E-state index >= 15 is 0 Å². The van der Waals surface area contributed by atoms with E-state index in [0.29, 0.717) is 37.0 Å². The molecule has 0 bridgehead atoms. The Kier molecular flexibility index (Phi) is 6.57. The van der Waals surface area contributed by atoms with Gasteiger partial charge in [-0.25, -0.2) is 9.97 Å². The maximum absolute atomic E-state index is 13.3. The standard InChI is InChI=1S/C25H24F3N5O4/c26-25(27,28)15-7-8-19(29-13-15)37-16-9-11-33(12-10-16)24(36)20(14-5-6-14)32-23(35)21-22(34)31-18-4-2-1-3-17(18)30-21/h1-4,7-8,13-14,16,20H,5-6,9-12H2,(H,31,34)(H,32,35)/t20-/m0/s1. The Morgan fingerprint density at radius 3 is 2.46 bits per heavy atom. The van der Waals surface area contributed by atoms with Crippen molar-refractivity contribution in [2.45, 2.75) is 44.0 Å². The number of benzene rings is 1.